The second-order valence-corrected chi connectivity index (χ2v) is 7.53. The number of likely N-dealkylation sites (tertiary alicyclic amines) is 2. The molecule has 4 heterocycles. The zero-order valence-electron chi connectivity index (χ0n) is 13.6. The molecule has 2 amide bonds. The van der Waals surface area contributed by atoms with Crippen LogP contribution in [0.5, 0.6) is 0 Å². The molecule has 24 heavy (non-hydrogen) atoms. The summed E-state index contributed by atoms with van der Waals surface area (Å²) in [6, 6.07) is 0. The first kappa shape index (κ1) is 15.3. The van der Waals surface area contributed by atoms with Crippen molar-refractivity contribution in [2.75, 3.05) is 19.6 Å². The van der Waals surface area contributed by atoms with Crippen LogP contribution in [0.15, 0.2) is 16.2 Å². The van der Waals surface area contributed by atoms with E-state index in [9.17, 15) is 9.59 Å². The number of hydrogen-bond donors (Lipinski definition) is 0. The van der Waals surface area contributed by atoms with Gasteiger partial charge in [-0.25, -0.2) is 4.98 Å². The number of carbonyl (C=O) groups excluding carboxylic acids is 2. The minimum absolute atomic E-state index is 0.0994. The fourth-order valence-electron chi connectivity index (χ4n) is 3.60. The lowest BCUT2D eigenvalue weighted by Crippen LogP contribution is -2.35. The van der Waals surface area contributed by atoms with Crippen molar-refractivity contribution in [1.29, 1.82) is 0 Å². The summed E-state index contributed by atoms with van der Waals surface area (Å²) in [5.74, 6) is 0.121. The third-order valence-electron chi connectivity index (χ3n) is 4.81. The van der Waals surface area contributed by atoms with Gasteiger partial charge in [0.25, 0.3) is 5.91 Å². The Labute approximate surface area is 143 Å². The van der Waals surface area contributed by atoms with Crippen LogP contribution >= 0.6 is 11.3 Å². The van der Waals surface area contributed by atoms with E-state index < -0.39 is 0 Å². The highest BCUT2D eigenvalue weighted by atomic mass is 32.1. The fourth-order valence-corrected chi connectivity index (χ4v) is 4.20. The SMILES string of the molecule is Cc1nc(CN2C[C@@H]3CN(C(=O)c4conc4C)C[C@@H]3C2=O)cs1. The molecular weight excluding hydrogens is 328 g/mol. The molecular formula is C16H18N4O3S. The molecule has 0 radical (unpaired) electrons. The molecule has 2 saturated heterocycles. The van der Waals surface area contributed by atoms with E-state index in [1.807, 2.05) is 17.2 Å². The second-order valence-electron chi connectivity index (χ2n) is 6.47. The Morgan fingerprint density at radius 2 is 2.21 bits per heavy atom. The molecule has 2 fully saturated rings. The van der Waals surface area contributed by atoms with Crippen molar-refractivity contribution < 1.29 is 14.1 Å². The lowest BCUT2D eigenvalue weighted by atomic mass is 10.0. The standard InChI is InChI=1S/C16H18N4O3S/c1-9-14(7-23-18-9)16(22)20-4-11-3-19(15(21)13(11)6-20)5-12-8-24-10(2)17-12/h7-8,11,13H,3-6H2,1-2H3/t11-,13+/m1/s1. The number of hydrogen-bond acceptors (Lipinski definition) is 6. The number of carbonyl (C=O) groups is 2. The van der Waals surface area contributed by atoms with Crippen LogP contribution in [-0.4, -0.2) is 51.4 Å². The molecule has 2 aromatic heterocycles. The smallest absolute Gasteiger partial charge is 0.259 e. The van der Waals surface area contributed by atoms with E-state index in [4.69, 9.17) is 4.52 Å². The lowest BCUT2D eigenvalue weighted by Gasteiger charge is -2.21. The Morgan fingerprint density at radius 1 is 1.38 bits per heavy atom. The molecule has 0 unspecified atom stereocenters. The monoisotopic (exact) mass is 346 g/mol. The van der Waals surface area contributed by atoms with E-state index in [-0.39, 0.29) is 23.7 Å². The van der Waals surface area contributed by atoms with E-state index in [1.54, 1.807) is 23.2 Å². The average molecular weight is 346 g/mol. The summed E-state index contributed by atoms with van der Waals surface area (Å²) in [7, 11) is 0. The van der Waals surface area contributed by atoms with Gasteiger partial charge in [0.2, 0.25) is 5.91 Å². The number of nitrogens with zero attached hydrogens (tertiary/aromatic N) is 4. The molecule has 2 aromatic rings. The van der Waals surface area contributed by atoms with E-state index >= 15 is 0 Å². The van der Waals surface area contributed by atoms with Gasteiger partial charge in [0.05, 0.1) is 28.9 Å². The topological polar surface area (TPSA) is 79.5 Å². The summed E-state index contributed by atoms with van der Waals surface area (Å²) >= 11 is 1.60. The molecule has 2 aliphatic rings. The quantitative estimate of drug-likeness (QED) is 0.841. The van der Waals surface area contributed by atoms with Crippen LogP contribution in [0.3, 0.4) is 0 Å². The first-order valence-electron chi connectivity index (χ1n) is 7.93. The normalized spacial score (nSPS) is 23.2. The van der Waals surface area contributed by atoms with Gasteiger partial charge in [0.1, 0.15) is 11.8 Å². The fraction of sp³-hybridized carbons (Fsp3) is 0.500. The van der Waals surface area contributed by atoms with Gasteiger partial charge in [-0.1, -0.05) is 5.16 Å². The molecule has 0 bridgehead atoms. The third-order valence-corrected chi connectivity index (χ3v) is 5.63. The molecule has 0 N–H and O–H groups in total. The van der Waals surface area contributed by atoms with Crippen molar-refractivity contribution in [2.45, 2.75) is 20.4 Å². The maximum absolute atomic E-state index is 12.7. The Morgan fingerprint density at radius 3 is 2.83 bits per heavy atom. The number of fused-ring (bicyclic) bond motifs is 1. The highest BCUT2D eigenvalue weighted by molar-refractivity contribution is 7.09. The van der Waals surface area contributed by atoms with Gasteiger partial charge < -0.3 is 14.3 Å². The summed E-state index contributed by atoms with van der Waals surface area (Å²) in [6.45, 7) is 6.04. The molecule has 0 aromatic carbocycles. The molecule has 0 aliphatic carbocycles. The van der Waals surface area contributed by atoms with Crippen LogP contribution in [-0.2, 0) is 11.3 Å². The van der Waals surface area contributed by atoms with Crippen LogP contribution in [0.1, 0.15) is 26.8 Å². The largest absolute Gasteiger partial charge is 0.364 e. The molecule has 0 saturated carbocycles. The maximum atomic E-state index is 12.7. The minimum Gasteiger partial charge on any atom is -0.364 e. The average Bonchev–Trinajstić information content (AvgIpc) is 3.29. The Balaban J connectivity index is 1.43. The Bertz CT molecular complexity index is 799. The summed E-state index contributed by atoms with van der Waals surface area (Å²) in [6.07, 6.45) is 1.38. The minimum atomic E-state index is -0.103. The van der Waals surface area contributed by atoms with E-state index in [1.165, 1.54) is 6.26 Å². The van der Waals surface area contributed by atoms with Gasteiger partial charge in [-0.05, 0) is 13.8 Å². The predicted molar refractivity (Wildman–Crippen MR) is 86.4 cm³/mol. The highest BCUT2D eigenvalue weighted by Gasteiger charge is 2.47. The van der Waals surface area contributed by atoms with Gasteiger partial charge in [-0.2, -0.15) is 0 Å². The van der Waals surface area contributed by atoms with Crippen LogP contribution < -0.4 is 0 Å². The Kier molecular flexibility index (Phi) is 3.64. The number of thiazole rings is 1. The van der Waals surface area contributed by atoms with Crippen LogP contribution in [0, 0.1) is 25.7 Å². The zero-order valence-corrected chi connectivity index (χ0v) is 14.4. The van der Waals surface area contributed by atoms with Gasteiger partial charge in [0.15, 0.2) is 0 Å². The van der Waals surface area contributed by atoms with Crippen LogP contribution in [0.2, 0.25) is 0 Å². The number of amides is 2. The van der Waals surface area contributed by atoms with Crippen molar-refractivity contribution >= 4 is 23.2 Å². The second kappa shape index (κ2) is 5.70. The van der Waals surface area contributed by atoms with E-state index in [0.717, 1.165) is 10.7 Å². The predicted octanol–water partition coefficient (Wildman–Crippen LogP) is 1.48. The van der Waals surface area contributed by atoms with Crippen molar-refractivity contribution in [2.24, 2.45) is 11.8 Å². The molecule has 2 aliphatic heterocycles. The maximum Gasteiger partial charge on any atom is 0.259 e. The summed E-state index contributed by atoms with van der Waals surface area (Å²) in [5.41, 5.74) is 2.01. The molecule has 4 rings (SSSR count). The van der Waals surface area contributed by atoms with Crippen LogP contribution in [0.25, 0.3) is 0 Å². The first-order valence-corrected chi connectivity index (χ1v) is 8.81. The van der Waals surface area contributed by atoms with E-state index in [0.29, 0.717) is 37.4 Å². The lowest BCUT2D eigenvalue weighted by molar-refractivity contribution is -0.131. The van der Waals surface area contributed by atoms with Crippen molar-refractivity contribution in [3.63, 3.8) is 0 Å². The summed E-state index contributed by atoms with van der Waals surface area (Å²) in [5, 5.41) is 6.77. The number of aromatic nitrogens is 2. The van der Waals surface area contributed by atoms with Crippen molar-refractivity contribution in [3.05, 3.63) is 33.6 Å². The van der Waals surface area contributed by atoms with Gasteiger partial charge in [-0.3, -0.25) is 9.59 Å². The van der Waals surface area contributed by atoms with Gasteiger partial charge >= 0.3 is 0 Å². The third kappa shape index (κ3) is 2.50. The zero-order chi connectivity index (χ0) is 16.8. The van der Waals surface area contributed by atoms with Gasteiger partial charge in [-0.15, -0.1) is 11.3 Å². The molecule has 8 heteroatoms. The highest BCUT2D eigenvalue weighted by Crippen LogP contribution is 2.34. The summed E-state index contributed by atoms with van der Waals surface area (Å²) < 4.78 is 4.85. The van der Waals surface area contributed by atoms with Gasteiger partial charge in [0, 0.05) is 30.9 Å². The first-order chi connectivity index (χ1) is 11.5. The van der Waals surface area contributed by atoms with E-state index in [2.05, 4.69) is 10.1 Å². The number of aryl methyl sites for hydroxylation is 2. The molecule has 126 valence electrons. The molecule has 7 nitrogen and oxygen atoms in total. The molecule has 0 spiro atoms. The van der Waals surface area contributed by atoms with Crippen molar-refractivity contribution in [1.82, 2.24) is 19.9 Å². The van der Waals surface area contributed by atoms with Crippen LogP contribution in [0.4, 0.5) is 0 Å². The molecule has 2 atom stereocenters. The van der Waals surface area contributed by atoms with Crippen molar-refractivity contribution in [3.8, 4) is 0 Å². The number of rotatable bonds is 3. The Hall–Kier alpha value is -2.22. The summed E-state index contributed by atoms with van der Waals surface area (Å²) in [4.78, 5) is 33.2.